The summed E-state index contributed by atoms with van der Waals surface area (Å²) in [5.41, 5.74) is 7.70. The number of anilines is 1. The minimum Gasteiger partial charge on any atom is -0.399 e. The van der Waals surface area contributed by atoms with E-state index in [9.17, 15) is 8.42 Å². The lowest BCUT2D eigenvalue weighted by molar-refractivity contribution is 0.463. The molecule has 0 atom stereocenters. The van der Waals surface area contributed by atoms with Crippen LogP contribution in [0, 0.1) is 5.92 Å². The van der Waals surface area contributed by atoms with Crippen LogP contribution in [0.4, 0.5) is 5.69 Å². The van der Waals surface area contributed by atoms with Gasteiger partial charge in [0.25, 0.3) is 0 Å². The van der Waals surface area contributed by atoms with Gasteiger partial charge in [-0.1, -0.05) is 12.1 Å². The summed E-state index contributed by atoms with van der Waals surface area (Å²) in [6.45, 7) is 0. The molecule has 16 heavy (non-hydrogen) atoms. The van der Waals surface area contributed by atoms with Crippen molar-refractivity contribution in [3.63, 3.8) is 0 Å². The van der Waals surface area contributed by atoms with Crippen molar-refractivity contribution in [2.45, 2.75) is 19.3 Å². The van der Waals surface area contributed by atoms with Crippen LogP contribution in [0.25, 0.3) is 0 Å². The smallest absolute Gasteiger partial charge is 0.150 e. The maximum atomic E-state index is 11.3. The molecule has 0 aromatic heterocycles. The lowest BCUT2D eigenvalue weighted by Gasteiger charge is -2.21. The Morgan fingerprint density at radius 2 is 1.94 bits per heavy atom. The van der Waals surface area contributed by atoms with Crippen molar-refractivity contribution in [1.82, 2.24) is 0 Å². The van der Waals surface area contributed by atoms with Gasteiger partial charge < -0.3 is 5.73 Å². The first-order chi connectivity index (χ1) is 7.55. The molecular formula is C12H17NO2S. The van der Waals surface area contributed by atoms with E-state index in [1.807, 2.05) is 18.2 Å². The fourth-order valence-corrected chi connectivity index (χ4v) is 3.79. The zero-order valence-corrected chi connectivity index (χ0v) is 10.0. The van der Waals surface area contributed by atoms with Gasteiger partial charge in [-0.05, 0) is 42.9 Å². The van der Waals surface area contributed by atoms with Crippen molar-refractivity contribution in [2.24, 2.45) is 5.92 Å². The normalized spacial score (nSPS) is 20.8. The predicted molar refractivity (Wildman–Crippen MR) is 65.9 cm³/mol. The van der Waals surface area contributed by atoms with Crippen molar-refractivity contribution in [3.05, 3.63) is 29.8 Å². The molecule has 1 aliphatic rings. The van der Waals surface area contributed by atoms with Gasteiger partial charge in [0.05, 0.1) is 11.5 Å². The van der Waals surface area contributed by atoms with E-state index in [0.717, 1.165) is 24.9 Å². The molecule has 1 aliphatic heterocycles. The van der Waals surface area contributed by atoms with Crippen molar-refractivity contribution in [1.29, 1.82) is 0 Å². The summed E-state index contributed by atoms with van der Waals surface area (Å²) in [6.07, 6.45) is 2.52. The van der Waals surface area contributed by atoms with Crippen molar-refractivity contribution >= 4 is 15.5 Å². The molecule has 0 aliphatic carbocycles. The zero-order valence-electron chi connectivity index (χ0n) is 9.22. The van der Waals surface area contributed by atoms with Crippen LogP contribution in [-0.2, 0) is 16.3 Å². The summed E-state index contributed by atoms with van der Waals surface area (Å²) >= 11 is 0. The van der Waals surface area contributed by atoms with E-state index in [1.165, 1.54) is 5.56 Å². The van der Waals surface area contributed by atoms with E-state index in [-0.39, 0.29) is 0 Å². The molecule has 0 spiro atoms. The first-order valence-corrected chi connectivity index (χ1v) is 7.42. The molecule has 2 rings (SSSR count). The largest absolute Gasteiger partial charge is 0.399 e. The van der Waals surface area contributed by atoms with Gasteiger partial charge in [-0.3, -0.25) is 0 Å². The summed E-state index contributed by atoms with van der Waals surface area (Å²) in [7, 11) is -2.74. The number of nitrogen functional groups attached to an aromatic ring is 1. The SMILES string of the molecule is Nc1cccc(CC2CCS(=O)(=O)CC2)c1. The van der Waals surface area contributed by atoms with Gasteiger partial charge in [0, 0.05) is 5.69 Å². The third-order valence-electron chi connectivity index (χ3n) is 3.15. The second-order valence-electron chi connectivity index (χ2n) is 4.54. The second-order valence-corrected chi connectivity index (χ2v) is 6.85. The van der Waals surface area contributed by atoms with Gasteiger partial charge in [-0.15, -0.1) is 0 Å². The molecule has 1 aromatic rings. The molecule has 3 nitrogen and oxygen atoms in total. The van der Waals surface area contributed by atoms with Crippen LogP contribution in [0.2, 0.25) is 0 Å². The van der Waals surface area contributed by atoms with Crippen LogP contribution >= 0.6 is 0 Å². The van der Waals surface area contributed by atoms with E-state index < -0.39 is 9.84 Å². The van der Waals surface area contributed by atoms with Gasteiger partial charge in [0.2, 0.25) is 0 Å². The van der Waals surface area contributed by atoms with Crippen LogP contribution in [0.5, 0.6) is 0 Å². The number of hydrogen-bond acceptors (Lipinski definition) is 3. The number of sulfone groups is 1. The standard InChI is InChI=1S/C12H17NO2S/c13-12-3-1-2-11(9-12)8-10-4-6-16(14,15)7-5-10/h1-3,9-10H,4-8,13H2. The third kappa shape index (κ3) is 2.98. The molecule has 0 amide bonds. The Morgan fingerprint density at radius 1 is 1.25 bits per heavy atom. The van der Waals surface area contributed by atoms with Crippen LogP contribution in [-0.4, -0.2) is 19.9 Å². The number of hydrogen-bond donors (Lipinski definition) is 1. The van der Waals surface area contributed by atoms with Crippen LogP contribution in [0.15, 0.2) is 24.3 Å². The van der Waals surface area contributed by atoms with Gasteiger partial charge in [0.15, 0.2) is 0 Å². The molecule has 0 radical (unpaired) electrons. The zero-order chi connectivity index (χ0) is 11.6. The Bertz CT molecular complexity index is 454. The van der Waals surface area contributed by atoms with Crippen molar-refractivity contribution < 1.29 is 8.42 Å². The molecule has 2 N–H and O–H groups in total. The molecule has 88 valence electrons. The first kappa shape index (κ1) is 11.5. The highest BCUT2D eigenvalue weighted by Crippen LogP contribution is 2.23. The van der Waals surface area contributed by atoms with E-state index >= 15 is 0 Å². The molecular weight excluding hydrogens is 222 g/mol. The molecule has 1 fully saturated rings. The summed E-state index contributed by atoms with van der Waals surface area (Å²) < 4.78 is 22.6. The van der Waals surface area contributed by atoms with Gasteiger partial charge in [-0.25, -0.2) is 8.42 Å². The molecule has 1 heterocycles. The van der Waals surface area contributed by atoms with Crippen LogP contribution < -0.4 is 5.73 Å². The van der Waals surface area contributed by atoms with Crippen LogP contribution in [0.3, 0.4) is 0 Å². The Kier molecular flexibility index (Phi) is 3.19. The Hall–Kier alpha value is -1.03. The Morgan fingerprint density at radius 3 is 2.56 bits per heavy atom. The lowest BCUT2D eigenvalue weighted by Crippen LogP contribution is -2.24. The van der Waals surface area contributed by atoms with Gasteiger partial charge >= 0.3 is 0 Å². The monoisotopic (exact) mass is 239 g/mol. The van der Waals surface area contributed by atoms with Gasteiger partial charge in [-0.2, -0.15) is 0 Å². The van der Waals surface area contributed by atoms with Crippen LogP contribution in [0.1, 0.15) is 18.4 Å². The van der Waals surface area contributed by atoms with E-state index in [2.05, 4.69) is 6.07 Å². The molecule has 1 aromatic carbocycles. The molecule has 0 saturated carbocycles. The molecule has 1 saturated heterocycles. The molecule has 4 heteroatoms. The maximum Gasteiger partial charge on any atom is 0.150 e. The van der Waals surface area contributed by atoms with E-state index in [0.29, 0.717) is 17.4 Å². The Labute approximate surface area is 96.6 Å². The third-order valence-corrected chi connectivity index (χ3v) is 4.87. The fourth-order valence-electron chi connectivity index (χ4n) is 2.20. The summed E-state index contributed by atoms with van der Waals surface area (Å²) in [4.78, 5) is 0. The van der Waals surface area contributed by atoms with E-state index in [4.69, 9.17) is 5.73 Å². The predicted octanol–water partition coefficient (Wildman–Crippen LogP) is 1.64. The lowest BCUT2D eigenvalue weighted by atomic mass is 9.94. The average molecular weight is 239 g/mol. The number of benzene rings is 1. The molecule has 0 bridgehead atoms. The summed E-state index contributed by atoms with van der Waals surface area (Å²) in [5, 5.41) is 0. The van der Waals surface area contributed by atoms with E-state index in [1.54, 1.807) is 0 Å². The minimum atomic E-state index is -2.74. The maximum absolute atomic E-state index is 11.3. The first-order valence-electron chi connectivity index (χ1n) is 5.60. The average Bonchev–Trinajstić information content (AvgIpc) is 2.21. The number of nitrogens with two attached hydrogens (primary N) is 1. The van der Waals surface area contributed by atoms with Crippen molar-refractivity contribution in [3.8, 4) is 0 Å². The Balaban J connectivity index is 1.97. The van der Waals surface area contributed by atoms with Crippen molar-refractivity contribution in [2.75, 3.05) is 17.2 Å². The summed E-state index contributed by atoms with van der Waals surface area (Å²) in [5.74, 6) is 1.19. The fraction of sp³-hybridized carbons (Fsp3) is 0.500. The highest BCUT2D eigenvalue weighted by atomic mass is 32.2. The highest BCUT2D eigenvalue weighted by Gasteiger charge is 2.23. The second kappa shape index (κ2) is 4.45. The summed E-state index contributed by atoms with van der Waals surface area (Å²) in [6, 6.07) is 7.85. The topological polar surface area (TPSA) is 60.2 Å². The highest BCUT2D eigenvalue weighted by molar-refractivity contribution is 7.91. The minimum absolute atomic E-state index is 0.347. The quantitative estimate of drug-likeness (QED) is 0.798. The number of rotatable bonds is 2. The molecule has 0 unspecified atom stereocenters. The van der Waals surface area contributed by atoms with Gasteiger partial charge in [0.1, 0.15) is 9.84 Å².